The number of nitrogens with zero attached hydrogens (tertiary/aromatic N) is 1. The Bertz CT molecular complexity index is 365. The largest absolute Gasteiger partial charge is 0.493 e. The second kappa shape index (κ2) is 4.28. The molecule has 0 unspecified atom stereocenters. The zero-order valence-electron chi connectivity index (χ0n) is 7.87. The van der Waals surface area contributed by atoms with Gasteiger partial charge in [-0.05, 0) is 13.8 Å². The zero-order chi connectivity index (χ0) is 10.7. The van der Waals surface area contributed by atoms with Crippen molar-refractivity contribution in [3.05, 3.63) is 22.5 Å². The van der Waals surface area contributed by atoms with E-state index in [1.807, 2.05) is 0 Å². The molecule has 1 aromatic heterocycles. The topological polar surface area (TPSA) is 59.4 Å². The van der Waals surface area contributed by atoms with E-state index < -0.39 is 5.97 Å². The summed E-state index contributed by atoms with van der Waals surface area (Å²) in [7, 11) is 0. The molecule has 76 valence electrons. The highest BCUT2D eigenvalue weighted by Gasteiger charge is 2.17. The lowest BCUT2D eigenvalue weighted by Gasteiger charge is -2.08. The van der Waals surface area contributed by atoms with Crippen LogP contribution in [-0.4, -0.2) is 22.7 Å². The summed E-state index contributed by atoms with van der Waals surface area (Å²) >= 11 is 5.69. The maximum absolute atomic E-state index is 10.8. The molecule has 0 saturated heterocycles. The molecule has 1 aromatic rings. The number of hydrogen-bond acceptors (Lipinski definition) is 3. The number of rotatable bonds is 3. The molecule has 14 heavy (non-hydrogen) atoms. The molecule has 1 heterocycles. The van der Waals surface area contributed by atoms with E-state index in [-0.39, 0.29) is 16.5 Å². The molecule has 0 aliphatic heterocycles. The average Bonchev–Trinajstić information content (AvgIpc) is 2.01. The standard InChI is InChI=1S/C9H10ClNO3/c1-3-14-6-4-5(2)11-8(10)7(6)9(12)13/h4H,3H2,1-2H3,(H,12,13). The van der Waals surface area contributed by atoms with Gasteiger partial charge < -0.3 is 9.84 Å². The summed E-state index contributed by atoms with van der Waals surface area (Å²) in [6, 6.07) is 1.55. The Morgan fingerprint density at radius 2 is 2.36 bits per heavy atom. The maximum Gasteiger partial charge on any atom is 0.342 e. The highest BCUT2D eigenvalue weighted by Crippen LogP contribution is 2.25. The number of aryl methyl sites for hydroxylation is 1. The number of carboxylic acid groups (broad SMARTS) is 1. The zero-order valence-corrected chi connectivity index (χ0v) is 8.63. The third-order valence-corrected chi connectivity index (χ3v) is 1.85. The van der Waals surface area contributed by atoms with Gasteiger partial charge in [0.25, 0.3) is 0 Å². The summed E-state index contributed by atoms with van der Waals surface area (Å²) in [6.07, 6.45) is 0. The van der Waals surface area contributed by atoms with Crippen molar-refractivity contribution in [1.29, 1.82) is 0 Å². The van der Waals surface area contributed by atoms with Gasteiger partial charge >= 0.3 is 5.97 Å². The van der Waals surface area contributed by atoms with Crippen LogP contribution in [0.4, 0.5) is 0 Å². The molecule has 0 radical (unpaired) electrons. The molecular weight excluding hydrogens is 206 g/mol. The minimum Gasteiger partial charge on any atom is -0.493 e. The quantitative estimate of drug-likeness (QED) is 0.785. The van der Waals surface area contributed by atoms with Crippen molar-refractivity contribution in [1.82, 2.24) is 4.98 Å². The van der Waals surface area contributed by atoms with Crippen molar-refractivity contribution in [3.63, 3.8) is 0 Å². The molecule has 0 aliphatic carbocycles. The third-order valence-electron chi connectivity index (χ3n) is 1.58. The van der Waals surface area contributed by atoms with Crippen LogP contribution in [0.3, 0.4) is 0 Å². The molecule has 0 atom stereocenters. The van der Waals surface area contributed by atoms with Crippen molar-refractivity contribution < 1.29 is 14.6 Å². The Morgan fingerprint density at radius 3 is 2.86 bits per heavy atom. The SMILES string of the molecule is CCOc1cc(C)nc(Cl)c1C(=O)O. The number of hydrogen-bond donors (Lipinski definition) is 1. The molecule has 4 nitrogen and oxygen atoms in total. The van der Waals surface area contributed by atoms with Gasteiger partial charge in [-0.2, -0.15) is 0 Å². The fourth-order valence-electron chi connectivity index (χ4n) is 1.07. The highest BCUT2D eigenvalue weighted by molar-refractivity contribution is 6.32. The third kappa shape index (κ3) is 2.14. The summed E-state index contributed by atoms with van der Waals surface area (Å²) in [5, 5.41) is 8.82. The molecule has 0 aromatic carbocycles. The van der Waals surface area contributed by atoms with Gasteiger partial charge in [0.15, 0.2) is 0 Å². The van der Waals surface area contributed by atoms with Crippen LogP contribution in [-0.2, 0) is 0 Å². The summed E-state index contributed by atoms with van der Waals surface area (Å²) in [5.74, 6) is -0.872. The monoisotopic (exact) mass is 215 g/mol. The highest BCUT2D eigenvalue weighted by atomic mass is 35.5. The van der Waals surface area contributed by atoms with E-state index in [1.54, 1.807) is 19.9 Å². The summed E-state index contributed by atoms with van der Waals surface area (Å²) in [4.78, 5) is 14.7. The van der Waals surface area contributed by atoms with Crippen LogP contribution >= 0.6 is 11.6 Å². The molecule has 0 saturated carbocycles. The van der Waals surface area contributed by atoms with E-state index in [0.29, 0.717) is 12.3 Å². The molecule has 0 aliphatic rings. The van der Waals surface area contributed by atoms with Gasteiger partial charge in [-0.25, -0.2) is 9.78 Å². The Balaban J connectivity index is 3.28. The van der Waals surface area contributed by atoms with Crippen LogP contribution in [0.5, 0.6) is 5.75 Å². The first-order valence-electron chi connectivity index (χ1n) is 4.09. The second-order valence-electron chi connectivity index (χ2n) is 2.67. The van der Waals surface area contributed by atoms with Crippen LogP contribution in [0.1, 0.15) is 23.0 Å². The summed E-state index contributed by atoms with van der Waals surface area (Å²) in [5.41, 5.74) is 0.544. The predicted octanol–water partition coefficient (Wildman–Crippen LogP) is 2.14. The first-order valence-corrected chi connectivity index (χ1v) is 4.47. The van der Waals surface area contributed by atoms with Crippen LogP contribution in [0.15, 0.2) is 6.07 Å². The molecule has 1 rings (SSSR count). The predicted molar refractivity (Wildman–Crippen MR) is 52.1 cm³/mol. The molecule has 0 fully saturated rings. The Kier molecular flexibility index (Phi) is 3.30. The van der Waals surface area contributed by atoms with Crippen molar-refractivity contribution in [3.8, 4) is 5.75 Å². The Morgan fingerprint density at radius 1 is 1.71 bits per heavy atom. The van der Waals surface area contributed by atoms with Gasteiger partial charge in [-0.15, -0.1) is 0 Å². The van der Waals surface area contributed by atoms with Gasteiger partial charge in [0.05, 0.1) is 6.61 Å². The van der Waals surface area contributed by atoms with Crippen LogP contribution < -0.4 is 4.74 Å². The second-order valence-corrected chi connectivity index (χ2v) is 3.02. The minimum absolute atomic E-state index is 0.0408. The van der Waals surface area contributed by atoms with E-state index >= 15 is 0 Å². The minimum atomic E-state index is -1.13. The molecule has 1 N–H and O–H groups in total. The van der Waals surface area contributed by atoms with E-state index in [9.17, 15) is 4.79 Å². The van der Waals surface area contributed by atoms with Gasteiger partial charge in [0.2, 0.25) is 0 Å². The van der Waals surface area contributed by atoms with Gasteiger partial charge in [0.1, 0.15) is 16.5 Å². The number of aromatic nitrogens is 1. The van der Waals surface area contributed by atoms with E-state index in [4.69, 9.17) is 21.4 Å². The molecule has 0 spiro atoms. The van der Waals surface area contributed by atoms with Gasteiger partial charge in [-0.1, -0.05) is 11.6 Å². The number of aromatic carboxylic acids is 1. The normalized spacial score (nSPS) is 9.93. The average molecular weight is 216 g/mol. The molecule has 5 heteroatoms. The Labute approximate surface area is 86.5 Å². The van der Waals surface area contributed by atoms with Gasteiger partial charge in [-0.3, -0.25) is 0 Å². The number of carboxylic acids is 1. The van der Waals surface area contributed by atoms with E-state index in [0.717, 1.165) is 0 Å². The number of pyridine rings is 1. The maximum atomic E-state index is 10.8. The summed E-state index contributed by atoms with van der Waals surface area (Å²) in [6.45, 7) is 3.88. The van der Waals surface area contributed by atoms with Crippen molar-refractivity contribution >= 4 is 17.6 Å². The van der Waals surface area contributed by atoms with Crippen LogP contribution in [0, 0.1) is 6.92 Å². The lowest BCUT2D eigenvalue weighted by Crippen LogP contribution is -2.05. The number of carbonyl (C=O) groups is 1. The van der Waals surface area contributed by atoms with Crippen molar-refractivity contribution in [2.24, 2.45) is 0 Å². The lowest BCUT2D eigenvalue weighted by molar-refractivity contribution is 0.0692. The molecule has 0 amide bonds. The molecule has 0 bridgehead atoms. The van der Waals surface area contributed by atoms with E-state index in [2.05, 4.69) is 4.98 Å². The summed E-state index contributed by atoms with van der Waals surface area (Å²) < 4.78 is 5.15. The lowest BCUT2D eigenvalue weighted by atomic mass is 10.2. The number of ether oxygens (including phenoxy) is 1. The first kappa shape index (κ1) is 10.8. The van der Waals surface area contributed by atoms with Crippen molar-refractivity contribution in [2.45, 2.75) is 13.8 Å². The van der Waals surface area contributed by atoms with Crippen molar-refractivity contribution in [2.75, 3.05) is 6.61 Å². The Hall–Kier alpha value is -1.29. The van der Waals surface area contributed by atoms with Gasteiger partial charge in [0, 0.05) is 11.8 Å². The fraction of sp³-hybridized carbons (Fsp3) is 0.333. The smallest absolute Gasteiger partial charge is 0.342 e. The fourth-order valence-corrected chi connectivity index (χ4v) is 1.38. The molecular formula is C9H10ClNO3. The van der Waals surface area contributed by atoms with Crippen LogP contribution in [0.25, 0.3) is 0 Å². The van der Waals surface area contributed by atoms with E-state index in [1.165, 1.54) is 0 Å². The first-order chi connectivity index (χ1) is 6.56. The van der Waals surface area contributed by atoms with Crippen LogP contribution in [0.2, 0.25) is 5.15 Å². The number of halogens is 1.